The molecule has 1 atom stereocenters. The van der Waals surface area contributed by atoms with E-state index in [1.54, 1.807) is 0 Å². The summed E-state index contributed by atoms with van der Waals surface area (Å²) >= 11 is 0. The van der Waals surface area contributed by atoms with Crippen LogP contribution in [0, 0.1) is 5.92 Å². The fourth-order valence-electron chi connectivity index (χ4n) is 1.53. The van der Waals surface area contributed by atoms with Crippen LogP contribution in [0.4, 0.5) is 0 Å². The molecule has 0 aliphatic rings. The zero-order chi connectivity index (χ0) is 11.3. The van der Waals surface area contributed by atoms with Crippen molar-refractivity contribution in [1.82, 2.24) is 4.90 Å². The Labute approximate surface area is 92.1 Å². The first kappa shape index (κ1) is 12.2. The third kappa shape index (κ3) is 3.63. The van der Waals surface area contributed by atoms with Gasteiger partial charge in [-0.1, -0.05) is 44.2 Å². The highest BCUT2D eigenvalue weighted by Crippen LogP contribution is 2.09. The second kappa shape index (κ2) is 5.85. The monoisotopic (exact) mass is 207 g/mol. The lowest BCUT2D eigenvalue weighted by Gasteiger charge is -2.30. The van der Waals surface area contributed by atoms with Crippen LogP contribution in [0.25, 0.3) is 0 Å². The average Bonchev–Trinajstić information content (AvgIpc) is 2.26. The highest BCUT2D eigenvalue weighted by Gasteiger charge is 2.15. The van der Waals surface area contributed by atoms with Crippen LogP contribution in [-0.4, -0.2) is 17.7 Å². The molecule has 0 fully saturated rings. The first-order chi connectivity index (χ1) is 7.15. The summed E-state index contributed by atoms with van der Waals surface area (Å²) < 4.78 is 0. The van der Waals surface area contributed by atoms with Crippen molar-refractivity contribution < 1.29 is 0 Å². The van der Waals surface area contributed by atoms with Crippen molar-refractivity contribution in [2.24, 2.45) is 17.4 Å². The molecule has 0 saturated heterocycles. The normalized spacial score (nSPS) is 13.5. The Balaban J connectivity index is 2.62. The molecule has 1 aromatic carbocycles. The van der Waals surface area contributed by atoms with E-state index in [4.69, 9.17) is 11.5 Å². The molecule has 1 unspecified atom stereocenters. The SMILES string of the molecule is CC(C)C(N)N(CN)Cc1ccccc1. The number of rotatable bonds is 5. The van der Waals surface area contributed by atoms with Crippen molar-refractivity contribution >= 4 is 0 Å². The molecule has 1 rings (SSSR count). The van der Waals surface area contributed by atoms with Crippen LogP contribution < -0.4 is 11.5 Å². The predicted molar refractivity (Wildman–Crippen MR) is 63.9 cm³/mol. The molecule has 0 bridgehead atoms. The van der Waals surface area contributed by atoms with Crippen LogP contribution in [0.3, 0.4) is 0 Å². The second-order valence-electron chi connectivity index (χ2n) is 4.15. The quantitative estimate of drug-likeness (QED) is 0.716. The molecule has 0 heterocycles. The molecule has 3 nitrogen and oxygen atoms in total. The van der Waals surface area contributed by atoms with E-state index in [9.17, 15) is 0 Å². The third-order valence-electron chi connectivity index (χ3n) is 2.57. The maximum Gasteiger partial charge on any atom is 0.0609 e. The van der Waals surface area contributed by atoms with E-state index in [-0.39, 0.29) is 6.17 Å². The molecular formula is C12H21N3. The Morgan fingerprint density at radius 2 is 1.80 bits per heavy atom. The topological polar surface area (TPSA) is 55.3 Å². The Hall–Kier alpha value is -0.900. The van der Waals surface area contributed by atoms with E-state index in [0.29, 0.717) is 12.6 Å². The summed E-state index contributed by atoms with van der Waals surface area (Å²) in [5.41, 5.74) is 13.0. The van der Waals surface area contributed by atoms with Gasteiger partial charge < -0.3 is 11.5 Å². The smallest absolute Gasteiger partial charge is 0.0609 e. The van der Waals surface area contributed by atoms with Gasteiger partial charge in [-0.25, -0.2) is 0 Å². The van der Waals surface area contributed by atoms with Gasteiger partial charge in [0.15, 0.2) is 0 Å². The highest BCUT2D eigenvalue weighted by molar-refractivity contribution is 5.14. The fraction of sp³-hybridized carbons (Fsp3) is 0.500. The van der Waals surface area contributed by atoms with Crippen LogP contribution in [0.15, 0.2) is 30.3 Å². The van der Waals surface area contributed by atoms with Crippen molar-refractivity contribution in [2.45, 2.75) is 26.6 Å². The van der Waals surface area contributed by atoms with Gasteiger partial charge in [-0.2, -0.15) is 0 Å². The summed E-state index contributed by atoms with van der Waals surface area (Å²) in [6.07, 6.45) is 0.0233. The highest BCUT2D eigenvalue weighted by atomic mass is 15.3. The number of benzene rings is 1. The first-order valence-electron chi connectivity index (χ1n) is 5.38. The molecule has 0 aliphatic heterocycles. The second-order valence-corrected chi connectivity index (χ2v) is 4.15. The Bertz CT molecular complexity index is 271. The van der Waals surface area contributed by atoms with Gasteiger partial charge >= 0.3 is 0 Å². The summed E-state index contributed by atoms with van der Waals surface area (Å²) in [4.78, 5) is 2.08. The van der Waals surface area contributed by atoms with E-state index in [1.165, 1.54) is 5.56 Å². The Morgan fingerprint density at radius 1 is 1.20 bits per heavy atom. The lowest BCUT2D eigenvalue weighted by Crippen LogP contribution is -2.47. The summed E-state index contributed by atoms with van der Waals surface area (Å²) in [6, 6.07) is 10.3. The standard InChI is InChI=1S/C12H21N3/c1-10(2)12(14)15(9-13)8-11-6-4-3-5-7-11/h3-7,10,12H,8-9,13-14H2,1-2H3. The molecule has 4 N–H and O–H groups in total. The maximum atomic E-state index is 6.07. The molecule has 0 radical (unpaired) electrons. The number of nitrogens with two attached hydrogens (primary N) is 2. The van der Waals surface area contributed by atoms with Crippen LogP contribution in [-0.2, 0) is 6.54 Å². The van der Waals surface area contributed by atoms with Gasteiger partial charge in [0.05, 0.1) is 6.17 Å². The van der Waals surface area contributed by atoms with Gasteiger partial charge in [0.1, 0.15) is 0 Å². The van der Waals surface area contributed by atoms with Crippen molar-refractivity contribution in [3.8, 4) is 0 Å². The minimum absolute atomic E-state index is 0.0233. The van der Waals surface area contributed by atoms with Gasteiger partial charge in [-0.3, -0.25) is 4.90 Å². The van der Waals surface area contributed by atoms with Gasteiger partial charge in [0, 0.05) is 13.2 Å². The molecule has 15 heavy (non-hydrogen) atoms. The fourth-order valence-corrected chi connectivity index (χ4v) is 1.53. The zero-order valence-corrected chi connectivity index (χ0v) is 9.56. The van der Waals surface area contributed by atoms with E-state index in [2.05, 4.69) is 30.9 Å². The largest absolute Gasteiger partial charge is 0.318 e. The minimum Gasteiger partial charge on any atom is -0.318 e. The van der Waals surface area contributed by atoms with Crippen LogP contribution in [0.1, 0.15) is 19.4 Å². The van der Waals surface area contributed by atoms with Gasteiger partial charge in [-0.05, 0) is 11.5 Å². The number of hydrogen-bond donors (Lipinski definition) is 2. The zero-order valence-electron chi connectivity index (χ0n) is 9.56. The average molecular weight is 207 g/mol. The van der Waals surface area contributed by atoms with Crippen molar-refractivity contribution in [3.63, 3.8) is 0 Å². The lowest BCUT2D eigenvalue weighted by atomic mass is 10.1. The molecule has 1 aromatic rings. The van der Waals surface area contributed by atoms with Crippen molar-refractivity contribution in [2.75, 3.05) is 6.67 Å². The van der Waals surface area contributed by atoms with Gasteiger partial charge in [-0.15, -0.1) is 0 Å². The predicted octanol–water partition coefficient (Wildman–Crippen LogP) is 1.35. The van der Waals surface area contributed by atoms with E-state index in [1.807, 2.05) is 18.2 Å². The summed E-state index contributed by atoms with van der Waals surface area (Å²) in [5.74, 6) is 0.414. The lowest BCUT2D eigenvalue weighted by molar-refractivity contribution is 0.155. The van der Waals surface area contributed by atoms with E-state index < -0.39 is 0 Å². The molecule has 0 amide bonds. The molecule has 0 aliphatic carbocycles. The minimum atomic E-state index is 0.0233. The van der Waals surface area contributed by atoms with Gasteiger partial charge in [0.2, 0.25) is 0 Å². The van der Waals surface area contributed by atoms with Crippen LogP contribution in [0.2, 0.25) is 0 Å². The molecule has 0 saturated carbocycles. The summed E-state index contributed by atoms with van der Waals surface area (Å²) in [7, 11) is 0. The van der Waals surface area contributed by atoms with Crippen molar-refractivity contribution in [3.05, 3.63) is 35.9 Å². The van der Waals surface area contributed by atoms with E-state index >= 15 is 0 Å². The molecule has 84 valence electrons. The van der Waals surface area contributed by atoms with E-state index in [0.717, 1.165) is 6.54 Å². The summed E-state index contributed by atoms with van der Waals surface area (Å²) in [5, 5.41) is 0. The third-order valence-corrected chi connectivity index (χ3v) is 2.57. The number of hydrogen-bond acceptors (Lipinski definition) is 3. The molecule has 0 aromatic heterocycles. The Kier molecular flexibility index (Phi) is 4.75. The summed E-state index contributed by atoms with van der Waals surface area (Å²) in [6.45, 7) is 5.53. The molecular weight excluding hydrogens is 186 g/mol. The Morgan fingerprint density at radius 3 is 2.27 bits per heavy atom. The van der Waals surface area contributed by atoms with Crippen LogP contribution >= 0.6 is 0 Å². The number of nitrogens with zero attached hydrogens (tertiary/aromatic N) is 1. The first-order valence-corrected chi connectivity index (χ1v) is 5.38. The molecule has 0 spiro atoms. The van der Waals surface area contributed by atoms with Gasteiger partial charge in [0.25, 0.3) is 0 Å². The van der Waals surface area contributed by atoms with Crippen LogP contribution in [0.5, 0.6) is 0 Å². The molecule has 3 heteroatoms. The van der Waals surface area contributed by atoms with Crippen molar-refractivity contribution in [1.29, 1.82) is 0 Å². The maximum absolute atomic E-state index is 6.07.